The van der Waals surface area contributed by atoms with Gasteiger partial charge in [-0.2, -0.15) is 0 Å². The highest BCUT2D eigenvalue weighted by Crippen LogP contribution is 2.11. The Balaban J connectivity index is 3.63. The summed E-state index contributed by atoms with van der Waals surface area (Å²) in [4.78, 5) is 0. The molecular weight excluding hydrogens is 122 g/mol. The molecule has 0 saturated heterocycles. The van der Waals surface area contributed by atoms with Crippen molar-refractivity contribution in [2.45, 2.75) is 39.7 Å². The molecule has 0 aliphatic heterocycles. The third-order valence-electron chi connectivity index (χ3n) is 2.14. The molecule has 0 aromatic carbocycles. The van der Waals surface area contributed by atoms with Gasteiger partial charge in [0.25, 0.3) is 0 Å². The average Bonchev–Trinajstić information content (AvgIpc) is 1.91. The fourth-order valence-corrected chi connectivity index (χ4v) is 1.32. The molecular formula is C9H19N. The predicted molar refractivity (Wildman–Crippen MR) is 46.9 cm³/mol. The third kappa shape index (κ3) is 2.90. The van der Waals surface area contributed by atoms with Crippen LogP contribution >= 0.6 is 0 Å². The molecule has 0 aliphatic carbocycles. The molecule has 0 saturated carbocycles. The van der Waals surface area contributed by atoms with E-state index in [-0.39, 0.29) is 0 Å². The van der Waals surface area contributed by atoms with Gasteiger partial charge in [0, 0.05) is 6.04 Å². The Kier molecular flexibility index (Phi) is 5.09. The normalized spacial score (nSPS) is 13.2. The first-order valence-corrected chi connectivity index (χ1v) is 4.13. The lowest BCUT2D eigenvalue weighted by atomic mass is 9.96. The van der Waals surface area contributed by atoms with Crippen molar-refractivity contribution in [2.24, 2.45) is 5.92 Å². The highest BCUT2D eigenvalue weighted by Gasteiger charge is 2.10. The Hall–Kier alpha value is -0.460. The number of nitrogens with one attached hydrogen (secondary N) is 1. The van der Waals surface area contributed by atoms with Crippen molar-refractivity contribution in [3.63, 3.8) is 0 Å². The Morgan fingerprint density at radius 3 is 2.20 bits per heavy atom. The maximum Gasteiger partial charge on any atom is 0.0255 e. The van der Waals surface area contributed by atoms with E-state index in [4.69, 9.17) is 0 Å². The van der Waals surface area contributed by atoms with Crippen LogP contribution in [0.25, 0.3) is 0 Å². The first-order chi connectivity index (χ1) is 4.76. The van der Waals surface area contributed by atoms with Crippen LogP contribution in [-0.2, 0) is 0 Å². The summed E-state index contributed by atoms with van der Waals surface area (Å²) in [6, 6.07) is 0.576. The molecule has 1 atom stereocenters. The van der Waals surface area contributed by atoms with E-state index in [0.29, 0.717) is 6.04 Å². The van der Waals surface area contributed by atoms with Crippen molar-refractivity contribution in [3.8, 4) is 0 Å². The summed E-state index contributed by atoms with van der Waals surface area (Å²) in [6.07, 6.45) is 4.28. The second-order valence-corrected chi connectivity index (χ2v) is 2.74. The first kappa shape index (κ1) is 9.54. The average molecular weight is 141 g/mol. The lowest BCUT2D eigenvalue weighted by molar-refractivity contribution is 0.383. The molecule has 10 heavy (non-hydrogen) atoms. The zero-order valence-electron chi connectivity index (χ0n) is 7.35. The van der Waals surface area contributed by atoms with Gasteiger partial charge in [-0.15, -0.1) is 0 Å². The fraction of sp³-hybridized carbons (Fsp3) is 0.778. The first-order valence-electron chi connectivity index (χ1n) is 4.13. The van der Waals surface area contributed by atoms with Crippen LogP contribution in [0, 0.1) is 5.92 Å². The Morgan fingerprint density at radius 1 is 1.40 bits per heavy atom. The van der Waals surface area contributed by atoms with Crippen molar-refractivity contribution in [3.05, 3.63) is 12.8 Å². The summed E-state index contributed by atoms with van der Waals surface area (Å²) in [5.41, 5.74) is 0. The Labute approximate surface area is 64.5 Å². The molecule has 0 aromatic rings. The Morgan fingerprint density at radius 2 is 1.90 bits per heavy atom. The van der Waals surface area contributed by atoms with Crippen LogP contribution in [0.15, 0.2) is 12.8 Å². The summed E-state index contributed by atoms with van der Waals surface area (Å²) < 4.78 is 0. The van der Waals surface area contributed by atoms with Crippen molar-refractivity contribution in [1.82, 2.24) is 5.32 Å². The third-order valence-corrected chi connectivity index (χ3v) is 2.14. The molecule has 0 rings (SSSR count). The minimum absolute atomic E-state index is 0.576. The van der Waals surface area contributed by atoms with Crippen LogP contribution in [0.4, 0.5) is 0 Å². The SMILES string of the molecule is C=CN[C@H](C)C(CC)CC. The quantitative estimate of drug-likeness (QED) is 0.620. The topological polar surface area (TPSA) is 12.0 Å². The fourth-order valence-electron chi connectivity index (χ4n) is 1.32. The van der Waals surface area contributed by atoms with Gasteiger partial charge in [-0.3, -0.25) is 0 Å². The van der Waals surface area contributed by atoms with E-state index >= 15 is 0 Å². The molecule has 1 nitrogen and oxygen atoms in total. The van der Waals surface area contributed by atoms with Crippen molar-refractivity contribution < 1.29 is 0 Å². The smallest absolute Gasteiger partial charge is 0.0255 e. The largest absolute Gasteiger partial charge is 0.389 e. The van der Waals surface area contributed by atoms with Crippen molar-refractivity contribution in [2.75, 3.05) is 0 Å². The minimum atomic E-state index is 0.576. The van der Waals surface area contributed by atoms with Gasteiger partial charge < -0.3 is 5.32 Å². The monoisotopic (exact) mass is 141 g/mol. The van der Waals surface area contributed by atoms with Crippen molar-refractivity contribution in [1.29, 1.82) is 0 Å². The molecule has 0 aromatic heterocycles. The van der Waals surface area contributed by atoms with E-state index in [2.05, 4.69) is 32.7 Å². The molecule has 0 aliphatic rings. The van der Waals surface area contributed by atoms with Gasteiger partial charge in [0.2, 0.25) is 0 Å². The zero-order chi connectivity index (χ0) is 7.98. The maximum atomic E-state index is 3.64. The summed E-state index contributed by atoms with van der Waals surface area (Å²) in [5.74, 6) is 0.790. The highest BCUT2D eigenvalue weighted by atomic mass is 14.9. The van der Waals surface area contributed by atoms with Crippen LogP contribution < -0.4 is 5.32 Å². The summed E-state index contributed by atoms with van der Waals surface area (Å²) in [7, 11) is 0. The van der Waals surface area contributed by atoms with E-state index in [9.17, 15) is 0 Å². The Bertz CT molecular complexity index is 84.7. The van der Waals surface area contributed by atoms with Crippen LogP contribution in [-0.4, -0.2) is 6.04 Å². The molecule has 0 spiro atoms. The molecule has 0 bridgehead atoms. The molecule has 0 amide bonds. The molecule has 60 valence electrons. The second-order valence-electron chi connectivity index (χ2n) is 2.74. The van der Waals surface area contributed by atoms with Gasteiger partial charge in [0.05, 0.1) is 0 Å². The number of rotatable bonds is 5. The van der Waals surface area contributed by atoms with E-state index in [1.54, 1.807) is 6.20 Å². The maximum absolute atomic E-state index is 3.64. The van der Waals surface area contributed by atoms with E-state index < -0.39 is 0 Å². The van der Waals surface area contributed by atoms with Crippen LogP contribution in [0.2, 0.25) is 0 Å². The second kappa shape index (κ2) is 5.33. The van der Waals surface area contributed by atoms with Gasteiger partial charge in [-0.05, 0) is 19.0 Å². The van der Waals surface area contributed by atoms with E-state index in [0.717, 1.165) is 5.92 Å². The summed E-state index contributed by atoms with van der Waals surface area (Å²) in [5, 5.41) is 3.21. The van der Waals surface area contributed by atoms with E-state index in [1.807, 2.05) is 0 Å². The molecule has 1 N–H and O–H groups in total. The zero-order valence-corrected chi connectivity index (χ0v) is 7.35. The lowest BCUT2D eigenvalue weighted by Crippen LogP contribution is -2.28. The highest BCUT2D eigenvalue weighted by molar-refractivity contribution is 4.75. The van der Waals surface area contributed by atoms with E-state index in [1.165, 1.54) is 12.8 Å². The molecule has 0 fully saturated rings. The molecule has 0 heterocycles. The standard InChI is InChI=1S/C9H19N/c1-5-9(6-2)8(4)10-7-3/h7-10H,3,5-6H2,1-2,4H3/t8-/m1/s1. The number of hydrogen-bond acceptors (Lipinski definition) is 1. The lowest BCUT2D eigenvalue weighted by Gasteiger charge is -2.20. The summed E-state index contributed by atoms with van der Waals surface area (Å²) in [6.45, 7) is 10.3. The summed E-state index contributed by atoms with van der Waals surface area (Å²) >= 11 is 0. The van der Waals surface area contributed by atoms with Gasteiger partial charge >= 0.3 is 0 Å². The molecule has 1 heteroatoms. The van der Waals surface area contributed by atoms with Gasteiger partial charge in [0.1, 0.15) is 0 Å². The molecule has 0 unspecified atom stereocenters. The molecule has 0 radical (unpaired) electrons. The van der Waals surface area contributed by atoms with Crippen LogP contribution in [0.3, 0.4) is 0 Å². The van der Waals surface area contributed by atoms with Crippen molar-refractivity contribution >= 4 is 0 Å². The van der Waals surface area contributed by atoms with Crippen LogP contribution in [0.5, 0.6) is 0 Å². The van der Waals surface area contributed by atoms with Gasteiger partial charge in [-0.25, -0.2) is 0 Å². The minimum Gasteiger partial charge on any atom is -0.389 e. The van der Waals surface area contributed by atoms with Crippen LogP contribution in [0.1, 0.15) is 33.6 Å². The van der Waals surface area contributed by atoms with Gasteiger partial charge in [-0.1, -0.05) is 33.3 Å². The van der Waals surface area contributed by atoms with Gasteiger partial charge in [0.15, 0.2) is 0 Å². The number of hydrogen-bond donors (Lipinski definition) is 1. The predicted octanol–water partition coefficient (Wildman–Crippen LogP) is 2.54.